The number of aliphatic hydroxyl groups is 1. The van der Waals surface area contributed by atoms with E-state index in [4.69, 9.17) is 14.8 Å². The van der Waals surface area contributed by atoms with Gasteiger partial charge in [0.1, 0.15) is 17.3 Å². The van der Waals surface area contributed by atoms with Gasteiger partial charge in [-0.2, -0.15) is 18.2 Å². The second-order valence-electron chi connectivity index (χ2n) is 7.92. The van der Waals surface area contributed by atoms with E-state index in [1.54, 1.807) is 25.1 Å². The van der Waals surface area contributed by atoms with Crippen LogP contribution in [0, 0.1) is 0 Å². The van der Waals surface area contributed by atoms with Crippen molar-refractivity contribution in [2.45, 2.75) is 31.7 Å². The second-order valence-corrected chi connectivity index (χ2v) is 7.92. The zero-order valence-corrected chi connectivity index (χ0v) is 19.2. The summed E-state index contributed by atoms with van der Waals surface area (Å²) < 4.78 is 51.7. The molecule has 13 heteroatoms. The van der Waals surface area contributed by atoms with Crippen molar-refractivity contribution >= 4 is 11.8 Å². The van der Waals surface area contributed by atoms with E-state index in [2.05, 4.69) is 20.6 Å². The van der Waals surface area contributed by atoms with Gasteiger partial charge in [0.25, 0.3) is 11.8 Å². The minimum absolute atomic E-state index is 0.0638. The third-order valence-corrected chi connectivity index (χ3v) is 5.44. The lowest BCUT2D eigenvalue weighted by molar-refractivity contribution is -0.137. The lowest BCUT2D eigenvalue weighted by atomic mass is 10.1. The minimum Gasteiger partial charge on any atom is -0.378 e. The predicted molar refractivity (Wildman–Crippen MR) is 122 cm³/mol. The maximum Gasteiger partial charge on any atom is 0.422 e. The number of primary amides is 1. The number of carbonyl (C=O) groups excluding carboxylic acids is 2. The molecule has 0 fully saturated rings. The third kappa shape index (κ3) is 5.35. The fraction of sp³-hybridized carbons (Fsp3) is 0.208. The Kier molecular flexibility index (Phi) is 7.07. The Labute approximate surface area is 207 Å². The third-order valence-electron chi connectivity index (χ3n) is 5.44. The van der Waals surface area contributed by atoms with Crippen molar-refractivity contribution in [3.63, 3.8) is 0 Å². The summed E-state index contributed by atoms with van der Waals surface area (Å²) >= 11 is 0. The minimum atomic E-state index is -4.82. The molecule has 4 N–H and O–H groups in total. The summed E-state index contributed by atoms with van der Waals surface area (Å²) in [5, 5.41) is 19.9. The van der Waals surface area contributed by atoms with E-state index < -0.39 is 53.0 Å². The average Bonchev–Trinajstić information content (AvgIpc) is 3.55. The molecule has 37 heavy (non-hydrogen) atoms. The number of alkyl halides is 3. The van der Waals surface area contributed by atoms with Gasteiger partial charge < -0.3 is 25.2 Å². The number of nitrogens with two attached hydrogens (primary N) is 1. The number of carbonyl (C=O) groups is 2. The molecule has 192 valence electrons. The van der Waals surface area contributed by atoms with Crippen LogP contribution in [0.1, 0.15) is 30.6 Å². The van der Waals surface area contributed by atoms with Gasteiger partial charge in [0.2, 0.25) is 17.5 Å². The molecule has 0 bridgehead atoms. The van der Waals surface area contributed by atoms with Crippen molar-refractivity contribution < 1.29 is 36.9 Å². The predicted octanol–water partition coefficient (Wildman–Crippen LogP) is 3.49. The lowest BCUT2D eigenvalue weighted by Crippen LogP contribution is -2.45. The van der Waals surface area contributed by atoms with Crippen molar-refractivity contribution in [3.8, 4) is 34.3 Å². The Hall–Kier alpha value is -4.52. The highest BCUT2D eigenvalue weighted by molar-refractivity contribution is 5.89. The Morgan fingerprint density at radius 1 is 1.03 bits per heavy atom. The molecular formula is C24H20F3N5O5. The summed E-state index contributed by atoms with van der Waals surface area (Å²) in [6, 6.07) is 12.4. The van der Waals surface area contributed by atoms with Crippen LogP contribution in [-0.4, -0.2) is 38.3 Å². The quantitative estimate of drug-likeness (QED) is 0.322. The number of nitrogens with zero attached hydrogens (tertiary/aromatic N) is 3. The molecule has 0 aliphatic carbocycles. The maximum absolute atomic E-state index is 13.9. The summed E-state index contributed by atoms with van der Waals surface area (Å²) in [7, 11) is 0. The summed E-state index contributed by atoms with van der Waals surface area (Å²) in [6.45, 7) is 1.65. The highest BCUT2D eigenvalue weighted by Gasteiger charge is 2.43. The molecule has 4 rings (SSSR count). The number of hydrogen-bond acceptors (Lipinski definition) is 8. The van der Waals surface area contributed by atoms with E-state index in [0.717, 1.165) is 0 Å². The van der Waals surface area contributed by atoms with E-state index in [0.29, 0.717) is 5.56 Å². The molecule has 10 nitrogen and oxygen atoms in total. The molecule has 0 saturated heterocycles. The Bertz CT molecular complexity index is 1400. The van der Waals surface area contributed by atoms with Crippen LogP contribution in [-0.2, 0) is 15.8 Å². The summed E-state index contributed by atoms with van der Waals surface area (Å²) in [6.07, 6.45) is -6.16. The van der Waals surface area contributed by atoms with Gasteiger partial charge in [0, 0.05) is 11.1 Å². The van der Waals surface area contributed by atoms with Crippen molar-refractivity contribution in [1.82, 2.24) is 20.6 Å². The summed E-state index contributed by atoms with van der Waals surface area (Å²) in [5.74, 6) is -2.88. The highest BCUT2D eigenvalue weighted by atomic mass is 19.4. The number of aliphatic hydroxyl groups excluding tert-OH is 1. The topological polar surface area (TPSA) is 157 Å². The molecule has 2 atom stereocenters. The van der Waals surface area contributed by atoms with Crippen molar-refractivity contribution in [1.29, 1.82) is 0 Å². The molecule has 2 amide bonds. The van der Waals surface area contributed by atoms with Gasteiger partial charge >= 0.3 is 6.18 Å². The first-order valence-electron chi connectivity index (χ1n) is 10.9. The number of hydrogen-bond donors (Lipinski definition) is 3. The Morgan fingerprint density at radius 3 is 2.30 bits per heavy atom. The molecule has 0 saturated carbocycles. The first-order valence-corrected chi connectivity index (χ1v) is 10.9. The van der Waals surface area contributed by atoms with Crippen LogP contribution in [0.2, 0.25) is 0 Å². The van der Waals surface area contributed by atoms with Gasteiger partial charge in [-0.1, -0.05) is 71.8 Å². The smallest absolute Gasteiger partial charge is 0.378 e. The monoisotopic (exact) mass is 515 g/mol. The summed E-state index contributed by atoms with van der Waals surface area (Å²) in [4.78, 5) is 27.6. The van der Waals surface area contributed by atoms with Gasteiger partial charge in [-0.3, -0.25) is 9.59 Å². The van der Waals surface area contributed by atoms with E-state index in [1.165, 1.54) is 36.4 Å². The van der Waals surface area contributed by atoms with Crippen LogP contribution in [0.5, 0.6) is 0 Å². The molecule has 0 aliphatic heterocycles. The molecule has 2 aromatic carbocycles. The van der Waals surface area contributed by atoms with Gasteiger partial charge in [-0.15, -0.1) is 0 Å². The largest absolute Gasteiger partial charge is 0.422 e. The maximum atomic E-state index is 13.9. The number of aromatic nitrogens is 3. The van der Waals surface area contributed by atoms with E-state index in [-0.39, 0.29) is 23.4 Å². The van der Waals surface area contributed by atoms with Crippen LogP contribution in [0.3, 0.4) is 0 Å². The number of rotatable bonds is 8. The van der Waals surface area contributed by atoms with E-state index in [9.17, 15) is 27.9 Å². The highest BCUT2D eigenvalue weighted by Crippen LogP contribution is 2.43. The Balaban J connectivity index is 1.58. The van der Waals surface area contributed by atoms with E-state index in [1.807, 2.05) is 0 Å². The normalized spacial score (nSPS) is 13.2. The zero-order chi connectivity index (χ0) is 26.7. The number of amides is 2. The number of benzene rings is 2. The first kappa shape index (κ1) is 25.6. The van der Waals surface area contributed by atoms with Crippen LogP contribution in [0.15, 0.2) is 63.6 Å². The average molecular weight is 515 g/mol. The van der Waals surface area contributed by atoms with Gasteiger partial charge in [0.05, 0.1) is 0 Å². The van der Waals surface area contributed by atoms with Crippen LogP contribution in [0.4, 0.5) is 13.2 Å². The molecule has 2 unspecified atom stereocenters. The fourth-order valence-electron chi connectivity index (χ4n) is 3.52. The second kappa shape index (κ2) is 10.2. The molecule has 2 aromatic heterocycles. The lowest BCUT2D eigenvalue weighted by Gasteiger charge is -2.16. The molecule has 2 heterocycles. The van der Waals surface area contributed by atoms with Crippen LogP contribution in [0.25, 0.3) is 34.3 Å². The summed E-state index contributed by atoms with van der Waals surface area (Å²) in [5.41, 5.74) is 4.34. The van der Waals surface area contributed by atoms with Gasteiger partial charge in [-0.05, 0) is 12.0 Å². The standard InChI is InChI=1S/C24H20F3N5O5/c1-2-15(20(28)34)29-22(35)18(33)13-8-10-14(11-9-13)21-30-23(37-32-21)19-16(24(25,26)27)17(31-36-19)12-6-4-3-5-7-12/h3-11,15,18,33H,2H2,1H3,(H2,28,34)(H,29,35). The van der Waals surface area contributed by atoms with Crippen LogP contribution < -0.4 is 11.1 Å². The number of halogens is 3. The fourth-order valence-corrected chi connectivity index (χ4v) is 3.52. The first-order chi connectivity index (χ1) is 17.6. The SMILES string of the molecule is CCC(NC(=O)C(O)c1ccc(-c2noc(-c3onc(-c4ccccc4)c3C(F)(F)F)n2)cc1)C(N)=O. The molecule has 0 spiro atoms. The van der Waals surface area contributed by atoms with Gasteiger partial charge in [-0.25, -0.2) is 0 Å². The molecule has 0 aliphatic rings. The van der Waals surface area contributed by atoms with Crippen molar-refractivity contribution in [2.24, 2.45) is 5.73 Å². The number of nitrogens with one attached hydrogen (secondary N) is 1. The molecular weight excluding hydrogens is 495 g/mol. The molecule has 4 aromatic rings. The molecule has 0 radical (unpaired) electrons. The van der Waals surface area contributed by atoms with Crippen LogP contribution >= 0.6 is 0 Å². The Morgan fingerprint density at radius 2 is 1.70 bits per heavy atom. The zero-order valence-electron chi connectivity index (χ0n) is 19.2. The van der Waals surface area contributed by atoms with E-state index >= 15 is 0 Å². The van der Waals surface area contributed by atoms with Crippen molar-refractivity contribution in [2.75, 3.05) is 0 Å². The van der Waals surface area contributed by atoms with Gasteiger partial charge in [0.15, 0.2) is 6.10 Å². The van der Waals surface area contributed by atoms with Crippen molar-refractivity contribution in [3.05, 3.63) is 65.7 Å².